The van der Waals surface area contributed by atoms with Crippen molar-refractivity contribution in [1.82, 2.24) is 15.1 Å². The summed E-state index contributed by atoms with van der Waals surface area (Å²) in [7, 11) is 3.96. The Hall–Kier alpha value is -4.46. The molecule has 0 bridgehead atoms. The number of para-hydroxylation sites is 1. The van der Waals surface area contributed by atoms with Crippen LogP contribution < -0.4 is 10.2 Å². The van der Waals surface area contributed by atoms with E-state index < -0.39 is 4.92 Å². The van der Waals surface area contributed by atoms with E-state index in [2.05, 4.69) is 10.4 Å². The van der Waals surface area contributed by atoms with Gasteiger partial charge in [0.05, 0.1) is 22.7 Å². The summed E-state index contributed by atoms with van der Waals surface area (Å²) in [6.07, 6.45) is 1.96. The number of hydrogen-bond donors (Lipinski definition) is 1. The fourth-order valence-corrected chi connectivity index (χ4v) is 3.58. The first-order valence-corrected chi connectivity index (χ1v) is 10.8. The summed E-state index contributed by atoms with van der Waals surface area (Å²) in [6.45, 7) is 0.423. The van der Waals surface area contributed by atoms with E-state index in [1.54, 1.807) is 16.8 Å². The van der Waals surface area contributed by atoms with Gasteiger partial charge >= 0.3 is 0 Å². The Bertz CT molecular complexity index is 1280. The average molecular weight is 456 g/mol. The maximum Gasteiger partial charge on any atom is 0.269 e. The highest BCUT2D eigenvalue weighted by atomic mass is 16.6. The molecule has 1 heterocycles. The lowest BCUT2D eigenvalue weighted by Crippen LogP contribution is -2.24. The number of rotatable bonds is 8. The van der Waals surface area contributed by atoms with Crippen LogP contribution in [0.1, 0.15) is 11.1 Å². The molecule has 34 heavy (non-hydrogen) atoms. The minimum absolute atomic E-state index is 0.00539. The highest BCUT2D eigenvalue weighted by Crippen LogP contribution is 2.26. The summed E-state index contributed by atoms with van der Waals surface area (Å²) < 4.78 is 1.72. The number of non-ortho nitro benzene ring substituents is 1. The molecule has 8 nitrogen and oxygen atoms in total. The number of nitrogens with zero attached hydrogens (tertiary/aromatic N) is 4. The molecule has 1 aromatic heterocycles. The van der Waals surface area contributed by atoms with Crippen LogP contribution in [0.3, 0.4) is 0 Å². The Morgan fingerprint density at radius 1 is 1.00 bits per heavy atom. The van der Waals surface area contributed by atoms with E-state index in [9.17, 15) is 14.9 Å². The number of amides is 1. The van der Waals surface area contributed by atoms with Crippen LogP contribution in [0.2, 0.25) is 0 Å². The maximum absolute atomic E-state index is 12.8. The number of nitro groups is 1. The standard InChI is InChI=1S/C26H25N5O3/c1-29(2)22-12-8-19(9-13-22)17-27-25(32)16-21-18-30(23-6-4-3-5-7-23)28-26(21)20-10-14-24(15-11-20)31(33)34/h3-15,18H,16-17H2,1-2H3,(H,27,32). The summed E-state index contributed by atoms with van der Waals surface area (Å²) in [5.41, 5.74) is 5.03. The highest BCUT2D eigenvalue weighted by Gasteiger charge is 2.16. The number of hydrogen-bond acceptors (Lipinski definition) is 5. The summed E-state index contributed by atoms with van der Waals surface area (Å²) in [6, 6.07) is 23.8. The van der Waals surface area contributed by atoms with Gasteiger partial charge in [-0.25, -0.2) is 4.68 Å². The van der Waals surface area contributed by atoms with Gasteiger partial charge in [-0.3, -0.25) is 14.9 Å². The van der Waals surface area contributed by atoms with Crippen LogP contribution >= 0.6 is 0 Å². The van der Waals surface area contributed by atoms with E-state index in [-0.39, 0.29) is 18.0 Å². The molecule has 0 aliphatic heterocycles. The zero-order valence-electron chi connectivity index (χ0n) is 19.0. The van der Waals surface area contributed by atoms with Crippen molar-refractivity contribution in [1.29, 1.82) is 0 Å². The molecule has 4 aromatic rings. The smallest absolute Gasteiger partial charge is 0.269 e. The van der Waals surface area contributed by atoms with E-state index in [0.717, 1.165) is 22.5 Å². The van der Waals surface area contributed by atoms with E-state index >= 15 is 0 Å². The molecule has 8 heteroatoms. The Kier molecular flexibility index (Phi) is 6.68. The van der Waals surface area contributed by atoms with Crippen LogP contribution in [-0.4, -0.2) is 34.7 Å². The molecule has 0 fully saturated rings. The molecule has 3 aromatic carbocycles. The molecule has 0 atom stereocenters. The second-order valence-electron chi connectivity index (χ2n) is 8.10. The molecule has 0 aliphatic rings. The minimum Gasteiger partial charge on any atom is -0.378 e. The normalized spacial score (nSPS) is 10.6. The number of anilines is 1. The van der Waals surface area contributed by atoms with Gasteiger partial charge in [-0.2, -0.15) is 5.10 Å². The number of benzene rings is 3. The Morgan fingerprint density at radius 2 is 1.68 bits per heavy atom. The molecule has 0 aliphatic carbocycles. The van der Waals surface area contributed by atoms with Crippen molar-refractivity contribution in [3.05, 3.63) is 106 Å². The van der Waals surface area contributed by atoms with Crippen molar-refractivity contribution in [3.8, 4) is 16.9 Å². The van der Waals surface area contributed by atoms with Gasteiger partial charge in [0.1, 0.15) is 0 Å². The second-order valence-corrected chi connectivity index (χ2v) is 8.10. The molecular weight excluding hydrogens is 430 g/mol. The van der Waals surface area contributed by atoms with Gasteiger partial charge in [0.25, 0.3) is 5.69 Å². The number of carbonyl (C=O) groups excluding carboxylic acids is 1. The van der Waals surface area contributed by atoms with Crippen molar-refractivity contribution in [3.63, 3.8) is 0 Å². The molecule has 0 unspecified atom stereocenters. The molecular formula is C26H25N5O3. The van der Waals surface area contributed by atoms with Crippen molar-refractivity contribution in [2.24, 2.45) is 0 Å². The van der Waals surface area contributed by atoms with Crippen molar-refractivity contribution in [2.45, 2.75) is 13.0 Å². The topological polar surface area (TPSA) is 93.3 Å². The van der Waals surface area contributed by atoms with Gasteiger partial charge in [0.15, 0.2) is 0 Å². The molecule has 0 spiro atoms. The van der Waals surface area contributed by atoms with E-state index in [4.69, 9.17) is 0 Å². The molecule has 1 N–H and O–H groups in total. The third kappa shape index (κ3) is 5.29. The second kappa shape index (κ2) is 9.99. The molecule has 4 rings (SSSR count). The van der Waals surface area contributed by atoms with Crippen LogP contribution in [0.4, 0.5) is 11.4 Å². The predicted molar refractivity (Wildman–Crippen MR) is 132 cm³/mol. The zero-order chi connectivity index (χ0) is 24.1. The van der Waals surface area contributed by atoms with Gasteiger partial charge in [0.2, 0.25) is 5.91 Å². The summed E-state index contributed by atoms with van der Waals surface area (Å²) in [4.78, 5) is 25.4. The predicted octanol–water partition coefficient (Wildman–Crippen LogP) is 4.37. The average Bonchev–Trinajstić information content (AvgIpc) is 3.27. The first kappa shape index (κ1) is 22.7. The van der Waals surface area contributed by atoms with Crippen molar-refractivity contribution >= 4 is 17.3 Å². The van der Waals surface area contributed by atoms with Crippen molar-refractivity contribution in [2.75, 3.05) is 19.0 Å². The van der Waals surface area contributed by atoms with E-state index in [1.165, 1.54) is 12.1 Å². The number of carbonyl (C=O) groups is 1. The Labute approximate surface area is 197 Å². The van der Waals surface area contributed by atoms with Crippen LogP contribution in [-0.2, 0) is 17.8 Å². The Balaban J connectivity index is 1.55. The lowest BCUT2D eigenvalue weighted by atomic mass is 10.1. The first-order chi connectivity index (χ1) is 16.4. The SMILES string of the molecule is CN(C)c1ccc(CNC(=O)Cc2cn(-c3ccccc3)nc2-c2ccc([N+](=O)[O-])cc2)cc1. The number of aromatic nitrogens is 2. The summed E-state index contributed by atoms with van der Waals surface area (Å²) in [5, 5.41) is 18.7. The fourth-order valence-electron chi connectivity index (χ4n) is 3.58. The molecule has 0 radical (unpaired) electrons. The molecule has 0 saturated carbocycles. The van der Waals surface area contributed by atoms with Crippen LogP contribution in [0, 0.1) is 10.1 Å². The minimum atomic E-state index is -0.439. The van der Waals surface area contributed by atoms with Gasteiger partial charge in [-0.1, -0.05) is 30.3 Å². The monoisotopic (exact) mass is 455 g/mol. The van der Waals surface area contributed by atoms with E-state index in [1.807, 2.05) is 79.8 Å². The maximum atomic E-state index is 12.8. The van der Waals surface area contributed by atoms with Gasteiger partial charge in [-0.05, 0) is 42.0 Å². The third-order valence-electron chi connectivity index (χ3n) is 5.46. The number of nitrogens with one attached hydrogen (secondary N) is 1. The van der Waals surface area contributed by atoms with Crippen LogP contribution in [0.15, 0.2) is 85.1 Å². The van der Waals surface area contributed by atoms with Gasteiger partial charge in [0, 0.05) is 55.8 Å². The third-order valence-corrected chi connectivity index (χ3v) is 5.46. The fraction of sp³-hybridized carbons (Fsp3) is 0.154. The quantitative estimate of drug-likeness (QED) is 0.315. The lowest BCUT2D eigenvalue weighted by molar-refractivity contribution is -0.384. The van der Waals surface area contributed by atoms with Gasteiger partial charge in [-0.15, -0.1) is 0 Å². The van der Waals surface area contributed by atoms with Crippen LogP contribution in [0.25, 0.3) is 16.9 Å². The van der Waals surface area contributed by atoms with Gasteiger partial charge < -0.3 is 10.2 Å². The Morgan fingerprint density at radius 3 is 2.29 bits per heavy atom. The molecule has 172 valence electrons. The largest absolute Gasteiger partial charge is 0.378 e. The van der Waals surface area contributed by atoms with E-state index in [0.29, 0.717) is 17.8 Å². The van der Waals surface area contributed by atoms with Crippen molar-refractivity contribution < 1.29 is 9.72 Å². The zero-order valence-corrected chi connectivity index (χ0v) is 19.0. The summed E-state index contributed by atoms with van der Waals surface area (Å²) >= 11 is 0. The lowest BCUT2D eigenvalue weighted by Gasteiger charge is -2.13. The summed E-state index contributed by atoms with van der Waals surface area (Å²) in [5.74, 6) is -0.132. The molecule has 1 amide bonds. The first-order valence-electron chi connectivity index (χ1n) is 10.8. The highest BCUT2D eigenvalue weighted by molar-refractivity contribution is 5.81. The number of nitro benzene ring substituents is 1. The molecule has 0 saturated heterocycles. The van der Waals surface area contributed by atoms with Crippen LogP contribution in [0.5, 0.6) is 0 Å².